The van der Waals surface area contributed by atoms with Gasteiger partial charge in [0.25, 0.3) is 0 Å². The van der Waals surface area contributed by atoms with E-state index in [-0.39, 0.29) is 33.3 Å². The summed E-state index contributed by atoms with van der Waals surface area (Å²) in [6.07, 6.45) is 1.55. The molecule has 0 aromatic heterocycles. The largest absolute Gasteiger partial charge is 0.508 e. The minimum atomic E-state index is -3.49. The van der Waals surface area contributed by atoms with Crippen molar-refractivity contribution in [3.05, 3.63) is 65.2 Å². The van der Waals surface area contributed by atoms with E-state index in [1.54, 1.807) is 30.3 Å². The minimum absolute atomic E-state index is 0.0952. The van der Waals surface area contributed by atoms with Gasteiger partial charge in [-0.05, 0) is 35.9 Å². The first-order valence-electron chi connectivity index (χ1n) is 6.33. The van der Waals surface area contributed by atoms with Gasteiger partial charge in [0, 0.05) is 11.1 Å². The van der Waals surface area contributed by atoms with Gasteiger partial charge in [0.05, 0.1) is 10.6 Å². The lowest BCUT2D eigenvalue weighted by molar-refractivity contribution is 0.103. The number of hydrogen-bond acceptors (Lipinski definition) is 4. The first-order chi connectivity index (χ1) is 9.97. The zero-order valence-corrected chi connectivity index (χ0v) is 11.8. The van der Waals surface area contributed by atoms with E-state index in [0.29, 0.717) is 5.56 Å². The molecule has 3 rings (SSSR count). The highest BCUT2D eigenvalue weighted by Gasteiger charge is 2.32. The van der Waals surface area contributed by atoms with Crippen LogP contribution in [0.4, 0.5) is 0 Å². The Kier molecular flexibility index (Phi) is 3.14. The van der Waals surface area contributed by atoms with Crippen molar-refractivity contribution >= 4 is 21.7 Å². The number of carbonyl (C=O) groups is 1. The topological polar surface area (TPSA) is 71.4 Å². The number of benzene rings is 2. The zero-order valence-electron chi connectivity index (χ0n) is 11.0. The highest BCUT2D eigenvalue weighted by molar-refractivity contribution is 7.91. The van der Waals surface area contributed by atoms with E-state index < -0.39 is 9.84 Å². The average Bonchev–Trinajstić information content (AvgIpc) is 2.47. The van der Waals surface area contributed by atoms with Crippen molar-refractivity contribution in [2.24, 2.45) is 0 Å². The van der Waals surface area contributed by atoms with Crippen LogP contribution >= 0.6 is 0 Å². The molecular formula is C16H12O4S. The van der Waals surface area contributed by atoms with Gasteiger partial charge in [-0.2, -0.15) is 0 Å². The van der Waals surface area contributed by atoms with Crippen LogP contribution in [0.1, 0.15) is 15.9 Å². The Labute approximate surface area is 122 Å². The van der Waals surface area contributed by atoms with Gasteiger partial charge < -0.3 is 5.11 Å². The normalized spacial score (nSPS) is 18.5. The molecule has 0 spiro atoms. The van der Waals surface area contributed by atoms with E-state index in [1.807, 2.05) is 0 Å². The van der Waals surface area contributed by atoms with Crippen molar-refractivity contribution in [2.75, 3.05) is 5.75 Å². The Balaban J connectivity index is 2.11. The molecule has 1 aliphatic rings. The summed E-state index contributed by atoms with van der Waals surface area (Å²) in [5.74, 6) is -0.456. The smallest absolute Gasteiger partial charge is 0.191 e. The number of ketones is 1. The molecule has 0 atom stereocenters. The number of fused-ring (bicyclic) bond motifs is 1. The summed E-state index contributed by atoms with van der Waals surface area (Å²) in [6, 6.07) is 12.5. The van der Waals surface area contributed by atoms with Gasteiger partial charge in [-0.1, -0.05) is 24.3 Å². The summed E-state index contributed by atoms with van der Waals surface area (Å²) in [4.78, 5) is 12.5. The quantitative estimate of drug-likeness (QED) is 0.821. The maximum absolute atomic E-state index is 12.4. The Morgan fingerprint density at radius 3 is 2.38 bits per heavy atom. The second kappa shape index (κ2) is 4.86. The number of phenolic OH excluding ortho intramolecular Hbond substituents is 1. The third kappa shape index (κ3) is 2.48. The van der Waals surface area contributed by atoms with Crippen molar-refractivity contribution < 1.29 is 18.3 Å². The van der Waals surface area contributed by atoms with E-state index in [4.69, 9.17) is 0 Å². The van der Waals surface area contributed by atoms with Crippen LogP contribution in [0.5, 0.6) is 5.75 Å². The number of carbonyl (C=O) groups excluding carboxylic acids is 1. The van der Waals surface area contributed by atoms with Crippen molar-refractivity contribution in [3.63, 3.8) is 0 Å². The molecule has 0 radical (unpaired) electrons. The average molecular weight is 300 g/mol. The molecule has 0 unspecified atom stereocenters. The summed E-state index contributed by atoms with van der Waals surface area (Å²) in [6.45, 7) is 0. The Morgan fingerprint density at radius 1 is 1.00 bits per heavy atom. The summed E-state index contributed by atoms with van der Waals surface area (Å²) in [5, 5.41) is 9.24. The zero-order chi connectivity index (χ0) is 15.0. The molecule has 21 heavy (non-hydrogen) atoms. The maximum atomic E-state index is 12.4. The molecule has 0 aliphatic carbocycles. The molecule has 2 aromatic carbocycles. The van der Waals surface area contributed by atoms with Crippen LogP contribution in [-0.2, 0) is 9.84 Å². The molecule has 106 valence electrons. The van der Waals surface area contributed by atoms with Gasteiger partial charge in [0.2, 0.25) is 0 Å². The molecule has 2 aromatic rings. The fraction of sp³-hybridized carbons (Fsp3) is 0.0625. The van der Waals surface area contributed by atoms with Crippen molar-refractivity contribution in [1.82, 2.24) is 0 Å². The van der Waals surface area contributed by atoms with Crippen molar-refractivity contribution in [2.45, 2.75) is 4.90 Å². The first kappa shape index (κ1) is 13.6. The van der Waals surface area contributed by atoms with Crippen molar-refractivity contribution in [1.29, 1.82) is 0 Å². The summed E-state index contributed by atoms with van der Waals surface area (Å²) < 4.78 is 24.5. The number of hydrogen-bond donors (Lipinski definition) is 1. The molecule has 0 bridgehead atoms. The SMILES string of the molecule is O=C1C(=Cc2ccc(O)cc2)CS(=O)(=O)c2ccccc21. The third-order valence-corrected chi connectivity index (χ3v) is 5.06. The molecular weight excluding hydrogens is 288 g/mol. The van der Waals surface area contributed by atoms with Crippen LogP contribution in [-0.4, -0.2) is 25.1 Å². The van der Waals surface area contributed by atoms with Crippen LogP contribution in [0.15, 0.2) is 59.0 Å². The number of sulfone groups is 1. The van der Waals surface area contributed by atoms with E-state index in [2.05, 4.69) is 0 Å². The number of Topliss-reactive ketones (excluding diaryl/α,β-unsaturated/α-hetero) is 1. The number of rotatable bonds is 1. The standard InChI is InChI=1S/C16H12O4S/c17-13-7-5-11(6-8-13)9-12-10-21(19,20)15-4-2-1-3-14(15)16(12)18/h1-9,17H,10H2. The highest BCUT2D eigenvalue weighted by Crippen LogP contribution is 2.28. The fourth-order valence-corrected chi connectivity index (χ4v) is 3.89. The van der Waals surface area contributed by atoms with Gasteiger partial charge in [0.1, 0.15) is 5.75 Å². The molecule has 0 fully saturated rings. The predicted octanol–water partition coefficient (Wildman–Crippen LogP) is 2.45. The summed E-state index contributed by atoms with van der Waals surface area (Å²) in [7, 11) is -3.49. The summed E-state index contributed by atoms with van der Waals surface area (Å²) >= 11 is 0. The molecule has 1 heterocycles. The van der Waals surface area contributed by atoms with Crippen molar-refractivity contribution in [3.8, 4) is 5.75 Å². The second-order valence-corrected chi connectivity index (χ2v) is 6.80. The number of aromatic hydroxyl groups is 1. The maximum Gasteiger partial charge on any atom is 0.191 e. The fourth-order valence-electron chi connectivity index (χ4n) is 2.33. The molecule has 0 saturated heterocycles. The molecule has 0 saturated carbocycles. The second-order valence-electron chi connectivity index (χ2n) is 4.85. The van der Waals surface area contributed by atoms with Gasteiger partial charge >= 0.3 is 0 Å². The highest BCUT2D eigenvalue weighted by atomic mass is 32.2. The van der Waals surface area contributed by atoms with Crippen LogP contribution < -0.4 is 0 Å². The summed E-state index contributed by atoms with van der Waals surface area (Å²) in [5.41, 5.74) is 1.12. The molecule has 4 nitrogen and oxygen atoms in total. The van der Waals surface area contributed by atoms with Gasteiger partial charge in [-0.3, -0.25) is 4.79 Å². The minimum Gasteiger partial charge on any atom is -0.508 e. The molecule has 1 aliphatic heterocycles. The lowest BCUT2D eigenvalue weighted by Crippen LogP contribution is -2.24. The van der Waals surface area contributed by atoms with E-state index in [0.717, 1.165) is 0 Å². The van der Waals surface area contributed by atoms with Crippen LogP contribution in [0.2, 0.25) is 0 Å². The van der Waals surface area contributed by atoms with E-state index in [1.165, 1.54) is 24.3 Å². The lowest BCUT2D eigenvalue weighted by atomic mass is 10.0. The first-order valence-corrected chi connectivity index (χ1v) is 7.99. The molecule has 1 N–H and O–H groups in total. The predicted molar refractivity (Wildman–Crippen MR) is 78.9 cm³/mol. The number of phenols is 1. The van der Waals surface area contributed by atoms with E-state index in [9.17, 15) is 18.3 Å². The van der Waals surface area contributed by atoms with Crippen LogP contribution in [0.25, 0.3) is 6.08 Å². The van der Waals surface area contributed by atoms with Crippen LogP contribution in [0, 0.1) is 0 Å². The Hall–Kier alpha value is -2.40. The monoisotopic (exact) mass is 300 g/mol. The van der Waals surface area contributed by atoms with Gasteiger partial charge in [-0.25, -0.2) is 8.42 Å². The Morgan fingerprint density at radius 2 is 1.67 bits per heavy atom. The third-order valence-electron chi connectivity index (χ3n) is 3.34. The van der Waals surface area contributed by atoms with Crippen LogP contribution in [0.3, 0.4) is 0 Å². The Bertz CT molecular complexity index is 846. The van der Waals surface area contributed by atoms with Gasteiger partial charge in [0.15, 0.2) is 15.6 Å². The molecule has 0 amide bonds. The van der Waals surface area contributed by atoms with E-state index >= 15 is 0 Å². The molecule has 5 heteroatoms. The van der Waals surface area contributed by atoms with Gasteiger partial charge in [-0.15, -0.1) is 0 Å². The lowest BCUT2D eigenvalue weighted by Gasteiger charge is -2.17.